The molecular weight excluding hydrogens is 246 g/mol. The van der Waals surface area contributed by atoms with E-state index in [0.717, 1.165) is 12.6 Å². The first kappa shape index (κ1) is 12.8. The van der Waals surface area contributed by atoms with Crippen molar-refractivity contribution >= 4 is 22.8 Å². The lowest BCUT2D eigenvalue weighted by Crippen LogP contribution is -2.24. The lowest BCUT2D eigenvalue weighted by Gasteiger charge is -2.06. The van der Waals surface area contributed by atoms with Gasteiger partial charge in [-0.1, -0.05) is 12.1 Å². The Morgan fingerprint density at radius 1 is 1.42 bits per heavy atom. The molecule has 0 N–H and O–H groups in total. The lowest BCUT2D eigenvalue weighted by atomic mass is 10.1. The van der Waals surface area contributed by atoms with Crippen LogP contribution in [-0.2, 0) is 21.4 Å². The number of ether oxygens (including phenoxy) is 1. The molecule has 6 heteroatoms. The molecule has 2 rings (SSSR count). The van der Waals surface area contributed by atoms with Crippen LogP contribution in [-0.4, -0.2) is 28.4 Å². The Labute approximate surface area is 109 Å². The van der Waals surface area contributed by atoms with Gasteiger partial charge in [0.1, 0.15) is 5.82 Å². The molecule has 6 nitrogen and oxygen atoms in total. The number of nitrogens with zero attached hydrogens (tertiary/aromatic N) is 3. The number of carbonyl (C=O) groups is 2. The summed E-state index contributed by atoms with van der Waals surface area (Å²) in [6.45, 7) is 0. The third-order valence-electron chi connectivity index (χ3n) is 2.86. The number of methoxy groups -OCH3 is 1. The average Bonchev–Trinajstić information content (AvgIpc) is 2.76. The molecule has 0 fully saturated rings. The Morgan fingerprint density at radius 2 is 2.11 bits per heavy atom. The maximum atomic E-state index is 11.8. The van der Waals surface area contributed by atoms with Crippen molar-refractivity contribution in [3.63, 3.8) is 0 Å². The number of imidazole rings is 1. The zero-order chi connectivity index (χ0) is 14.0. The van der Waals surface area contributed by atoms with E-state index in [0.29, 0.717) is 5.52 Å². The molecule has 1 unspecified atom stereocenters. The first-order chi connectivity index (χ1) is 9.10. The monoisotopic (exact) mass is 257 g/mol. The standard InChI is InChI=1S/C13H11N3O3/c1-16-10-6-4-3-5-9(10)15-12(16)8(7-14)11(17)13(18)19-2/h3-6,8H,1-2H3. The van der Waals surface area contributed by atoms with E-state index in [1.54, 1.807) is 23.8 Å². The van der Waals surface area contributed by atoms with Crippen LogP contribution in [0.4, 0.5) is 0 Å². The number of nitriles is 1. The molecule has 0 saturated heterocycles. The van der Waals surface area contributed by atoms with Crippen LogP contribution in [0.3, 0.4) is 0 Å². The van der Waals surface area contributed by atoms with Crippen molar-refractivity contribution in [1.29, 1.82) is 5.26 Å². The summed E-state index contributed by atoms with van der Waals surface area (Å²) in [6.07, 6.45) is 0. The Balaban J connectivity index is 2.53. The quantitative estimate of drug-likeness (QED) is 0.603. The molecule has 96 valence electrons. The van der Waals surface area contributed by atoms with Gasteiger partial charge in [-0.15, -0.1) is 0 Å². The third-order valence-corrected chi connectivity index (χ3v) is 2.86. The predicted octanol–water partition coefficient (Wildman–Crippen LogP) is 0.923. The molecule has 0 spiro atoms. The molecule has 0 amide bonds. The number of Topliss-reactive ketones (excluding diaryl/α,β-unsaturated/α-hetero) is 1. The largest absolute Gasteiger partial charge is 0.463 e. The van der Waals surface area contributed by atoms with Crippen LogP contribution in [0, 0.1) is 11.3 Å². The summed E-state index contributed by atoms with van der Waals surface area (Å²) in [4.78, 5) is 27.3. The highest BCUT2D eigenvalue weighted by atomic mass is 16.5. The second kappa shape index (κ2) is 4.90. The van der Waals surface area contributed by atoms with Gasteiger partial charge in [0.05, 0.1) is 24.2 Å². The number of carbonyl (C=O) groups excluding carboxylic acids is 2. The van der Waals surface area contributed by atoms with Crippen molar-refractivity contribution in [2.45, 2.75) is 5.92 Å². The average molecular weight is 257 g/mol. The molecule has 1 atom stereocenters. The maximum absolute atomic E-state index is 11.8. The number of aromatic nitrogens is 2. The van der Waals surface area contributed by atoms with E-state index in [1.165, 1.54) is 0 Å². The summed E-state index contributed by atoms with van der Waals surface area (Å²) in [5, 5.41) is 9.11. The number of rotatable bonds is 3. The van der Waals surface area contributed by atoms with Gasteiger partial charge in [0.15, 0.2) is 5.92 Å². The van der Waals surface area contributed by atoms with Gasteiger partial charge in [-0.2, -0.15) is 5.26 Å². The first-order valence-corrected chi connectivity index (χ1v) is 5.53. The fraction of sp³-hybridized carbons (Fsp3) is 0.231. The minimum Gasteiger partial charge on any atom is -0.463 e. The van der Waals surface area contributed by atoms with Gasteiger partial charge in [-0.05, 0) is 12.1 Å². The number of esters is 1. The second-order valence-electron chi connectivity index (χ2n) is 3.94. The SMILES string of the molecule is COC(=O)C(=O)C(C#N)c1nc2ccccc2n1C. The van der Waals surface area contributed by atoms with Crippen LogP contribution < -0.4 is 0 Å². The fourth-order valence-electron chi connectivity index (χ4n) is 1.87. The van der Waals surface area contributed by atoms with Crippen molar-refractivity contribution in [1.82, 2.24) is 9.55 Å². The summed E-state index contributed by atoms with van der Waals surface area (Å²) in [6, 6.07) is 9.04. The molecular formula is C13H11N3O3. The Bertz CT molecular complexity index is 697. The first-order valence-electron chi connectivity index (χ1n) is 5.53. The van der Waals surface area contributed by atoms with E-state index < -0.39 is 17.7 Å². The number of benzene rings is 1. The number of hydrogen-bond donors (Lipinski definition) is 0. The highest BCUT2D eigenvalue weighted by molar-refractivity contribution is 6.36. The van der Waals surface area contributed by atoms with Gasteiger partial charge in [0.2, 0.25) is 0 Å². The van der Waals surface area contributed by atoms with Crippen molar-refractivity contribution in [3.05, 3.63) is 30.1 Å². The minimum atomic E-state index is -1.26. The van der Waals surface area contributed by atoms with Crippen LogP contribution >= 0.6 is 0 Å². The van der Waals surface area contributed by atoms with Crippen LogP contribution in [0.1, 0.15) is 11.7 Å². The van der Waals surface area contributed by atoms with Gasteiger partial charge in [-0.3, -0.25) is 4.79 Å². The van der Waals surface area contributed by atoms with Crippen molar-refractivity contribution < 1.29 is 14.3 Å². The van der Waals surface area contributed by atoms with Gasteiger partial charge in [-0.25, -0.2) is 9.78 Å². The molecule has 0 radical (unpaired) electrons. The van der Waals surface area contributed by atoms with Crippen LogP contribution in [0.5, 0.6) is 0 Å². The molecule has 0 saturated carbocycles. The van der Waals surface area contributed by atoms with E-state index in [4.69, 9.17) is 5.26 Å². The summed E-state index contributed by atoms with van der Waals surface area (Å²) in [5.74, 6) is -2.98. The number of fused-ring (bicyclic) bond motifs is 1. The number of ketones is 1. The Hall–Kier alpha value is -2.68. The Morgan fingerprint density at radius 3 is 2.68 bits per heavy atom. The van der Waals surface area contributed by atoms with E-state index in [9.17, 15) is 9.59 Å². The third kappa shape index (κ3) is 2.06. The van der Waals surface area contributed by atoms with E-state index in [1.807, 2.05) is 18.2 Å². The summed E-state index contributed by atoms with van der Waals surface area (Å²) in [7, 11) is 2.79. The number of aryl methyl sites for hydroxylation is 1. The second-order valence-corrected chi connectivity index (χ2v) is 3.94. The molecule has 1 heterocycles. The lowest BCUT2D eigenvalue weighted by molar-refractivity contribution is -0.151. The minimum absolute atomic E-state index is 0.235. The van der Waals surface area contributed by atoms with Crippen molar-refractivity contribution in [2.24, 2.45) is 7.05 Å². The molecule has 0 aliphatic rings. The highest BCUT2D eigenvalue weighted by Crippen LogP contribution is 2.21. The number of hydrogen-bond acceptors (Lipinski definition) is 5. The van der Waals surface area contributed by atoms with Gasteiger partial charge in [0, 0.05) is 7.05 Å². The highest BCUT2D eigenvalue weighted by Gasteiger charge is 2.31. The molecule has 1 aromatic carbocycles. The zero-order valence-electron chi connectivity index (χ0n) is 10.5. The van der Waals surface area contributed by atoms with E-state index in [2.05, 4.69) is 9.72 Å². The fourth-order valence-corrected chi connectivity index (χ4v) is 1.87. The van der Waals surface area contributed by atoms with Gasteiger partial charge < -0.3 is 9.30 Å². The normalized spacial score (nSPS) is 11.8. The topological polar surface area (TPSA) is 85.0 Å². The molecule has 0 bridgehead atoms. The van der Waals surface area contributed by atoms with E-state index in [-0.39, 0.29) is 5.82 Å². The molecule has 19 heavy (non-hydrogen) atoms. The van der Waals surface area contributed by atoms with E-state index >= 15 is 0 Å². The summed E-state index contributed by atoms with van der Waals surface area (Å²) in [5.41, 5.74) is 1.45. The molecule has 2 aromatic rings. The number of para-hydroxylation sites is 2. The van der Waals surface area contributed by atoms with Crippen molar-refractivity contribution in [3.8, 4) is 6.07 Å². The molecule has 1 aromatic heterocycles. The molecule has 0 aliphatic heterocycles. The van der Waals surface area contributed by atoms with Crippen LogP contribution in [0.2, 0.25) is 0 Å². The van der Waals surface area contributed by atoms with Crippen LogP contribution in [0.15, 0.2) is 24.3 Å². The maximum Gasteiger partial charge on any atom is 0.376 e. The van der Waals surface area contributed by atoms with Crippen LogP contribution in [0.25, 0.3) is 11.0 Å². The predicted molar refractivity (Wildman–Crippen MR) is 66.1 cm³/mol. The van der Waals surface area contributed by atoms with Gasteiger partial charge in [0.25, 0.3) is 5.78 Å². The summed E-state index contributed by atoms with van der Waals surface area (Å²) < 4.78 is 5.98. The smallest absolute Gasteiger partial charge is 0.376 e. The summed E-state index contributed by atoms with van der Waals surface area (Å²) >= 11 is 0. The zero-order valence-corrected chi connectivity index (χ0v) is 10.5. The molecule has 0 aliphatic carbocycles. The van der Waals surface area contributed by atoms with Crippen molar-refractivity contribution in [2.75, 3.05) is 7.11 Å². The van der Waals surface area contributed by atoms with Gasteiger partial charge >= 0.3 is 5.97 Å². The Kier molecular flexibility index (Phi) is 3.29.